The number of carbonyl (C=O) groups is 1. The summed E-state index contributed by atoms with van der Waals surface area (Å²) in [7, 11) is -3.14. The van der Waals surface area contributed by atoms with E-state index in [1.807, 2.05) is 12.1 Å². The summed E-state index contributed by atoms with van der Waals surface area (Å²) in [4.78, 5) is 11.3. The molecule has 1 aliphatic heterocycles. The van der Waals surface area contributed by atoms with Crippen LogP contribution in [-0.4, -0.2) is 44.8 Å². The number of ether oxygens (including phenoxy) is 2. The van der Waals surface area contributed by atoms with E-state index in [0.29, 0.717) is 18.1 Å². The fraction of sp³-hybridized carbons (Fsp3) is 0.588. The van der Waals surface area contributed by atoms with Crippen LogP contribution >= 0.6 is 0 Å². The summed E-state index contributed by atoms with van der Waals surface area (Å²) in [6.45, 7) is 2.21. The van der Waals surface area contributed by atoms with Gasteiger partial charge in [-0.15, -0.1) is 0 Å². The van der Waals surface area contributed by atoms with E-state index in [1.165, 1.54) is 13.2 Å². The summed E-state index contributed by atoms with van der Waals surface area (Å²) in [6, 6.07) is 6.98. The fourth-order valence-corrected chi connectivity index (χ4v) is 3.23. The molecule has 0 radical (unpaired) electrons. The number of carboxylic acids is 1. The Labute approximate surface area is 142 Å². The van der Waals surface area contributed by atoms with Gasteiger partial charge in [0.05, 0.1) is 18.1 Å². The molecule has 134 valence electrons. The number of rotatable bonds is 7. The molecular weight excluding hydrogens is 332 g/mol. The van der Waals surface area contributed by atoms with Gasteiger partial charge < -0.3 is 14.6 Å². The standard InChI is InChI=1S/C17H24O6S/c1-17(16(18)19)22-11-14(12-23-17)6-4-3-5-13-7-9-15(10-8-13)24(2,20)21/h7-10,14H,3-6,11-12H2,1-2H3,(H,18,19). The van der Waals surface area contributed by atoms with Gasteiger partial charge in [-0.1, -0.05) is 18.6 Å². The molecule has 1 aromatic rings. The number of hydrogen-bond acceptors (Lipinski definition) is 5. The zero-order chi connectivity index (χ0) is 17.8. The van der Waals surface area contributed by atoms with Gasteiger partial charge in [0, 0.05) is 19.1 Å². The molecule has 0 bridgehead atoms. The number of benzene rings is 1. The second-order valence-electron chi connectivity index (χ2n) is 6.40. The predicted molar refractivity (Wildman–Crippen MR) is 88.5 cm³/mol. The molecular formula is C17H24O6S. The highest BCUT2D eigenvalue weighted by molar-refractivity contribution is 7.90. The molecule has 1 fully saturated rings. The van der Waals surface area contributed by atoms with Crippen molar-refractivity contribution in [3.8, 4) is 0 Å². The minimum absolute atomic E-state index is 0.213. The van der Waals surface area contributed by atoms with Crippen molar-refractivity contribution in [2.75, 3.05) is 19.5 Å². The van der Waals surface area contributed by atoms with Gasteiger partial charge >= 0.3 is 5.97 Å². The van der Waals surface area contributed by atoms with Crippen molar-refractivity contribution in [3.05, 3.63) is 29.8 Å². The molecule has 0 atom stereocenters. The number of unbranched alkanes of at least 4 members (excludes halogenated alkanes) is 1. The van der Waals surface area contributed by atoms with Gasteiger partial charge in [-0.25, -0.2) is 13.2 Å². The molecule has 6 nitrogen and oxygen atoms in total. The van der Waals surface area contributed by atoms with Crippen LogP contribution in [0.2, 0.25) is 0 Å². The highest BCUT2D eigenvalue weighted by Crippen LogP contribution is 2.24. The van der Waals surface area contributed by atoms with Gasteiger partial charge in [-0.2, -0.15) is 0 Å². The van der Waals surface area contributed by atoms with E-state index >= 15 is 0 Å². The molecule has 7 heteroatoms. The summed E-state index contributed by atoms with van der Waals surface area (Å²) in [5.41, 5.74) is 1.11. The Morgan fingerprint density at radius 3 is 2.29 bits per heavy atom. The van der Waals surface area contributed by atoms with E-state index < -0.39 is 21.6 Å². The number of hydrogen-bond donors (Lipinski definition) is 1. The highest BCUT2D eigenvalue weighted by Gasteiger charge is 2.40. The zero-order valence-electron chi connectivity index (χ0n) is 14.0. The first-order chi connectivity index (χ1) is 11.2. The van der Waals surface area contributed by atoms with Crippen LogP contribution < -0.4 is 0 Å². The van der Waals surface area contributed by atoms with Gasteiger partial charge in [-0.3, -0.25) is 0 Å². The summed E-state index contributed by atoms with van der Waals surface area (Å²) < 4.78 is 33.5. The smallest absolute Gasteiger partial charge is 0.364 e. The van der Waals surface area contributed by atoms with Gasteiger partial charge in [0.2, 0.25) is 0 Å². The summed E-state index contributed by atoms with van der Waals surface area (Å²) >= 11 is 0. The Balaban J connectivity index is 1.70. The number of carboxylic acid groups (broad SMARTS) is 1. The molecule has 24 heavy (non-hydrogen) atoms. The first-order valence-corrected chi connectivity index (χ1v) is 9.90. The quantitative estimate of drug-likeness (QED) is 0.754. The molecule has 0 amide bonds. The molecule has 0 aliphatic carbocycles. The molecule has 1 N–H and O–H groups in total. The van der Waals surface area contributed by atoms with Crippen molar-refractivity contribution in [2.24, 2.45) is 5.92 Å². The third-order valence-electron chi connectivity index (χ3n) is 4.26. The maximum absolute atomic E-state index is 11.4. The van der Waals surface area contributed by atoms with Crippen LogP contribution in [0.4, 0.5) is 0 Å². The van der Waals surface area contributed by atoms with Crippen LogP contribution in [0.1, 0.15) is 31.7 Å². The summed E-state index contributed by atoms with van der Waals surface area (Å²) in [5.74, 6) is -2.40. The second-order valence-corrected chi connectivity index (χ2v) is 8.42. The molecule has 1 saturated heterocycles. The van der Waals surface area contributed by atoms with Gasteiger partial charge in [0.1, 0.15) is 0 Å². The van der Waals surface area contributed by atoms with E-state index in [4.69, 9.17) is 14.6 Å². The molecule has 1 aliphatic rings. The van der Waals surface area contributed by atoms with Gasteiger partial charge in [-0.05, 0) is 37.0 Å². The second kappa shape index (κ2) is 7.63. The third-order valence-corrected chi connectivity index (χ3v) is 5.39. The van der Waals surface area contributed by atoms with Gasteiger partial charge in [0.25, 0.3) is 5.79 Å². The molecule has 1 heterocycles. The topological polar surface area (TPSA) is 89.9 Å². The third kappa shape index (κ3) is 5.03. The Morgan fingerprint density at radius 2 is 1.79 bits per heavy atom. The lowest BCUT2D eigenvalue weighted by atomic mass is 10.00. The van der Waals surface area contributed by atoms with Crippen molar-refractivity contribution < 1.29 is 27.8 Å². The van der Waals surface area contributed by atoms with Gasteiger partial charge in [0.15, 0.2) is 9.84 Å². The average molecular weight is 356 g/mol. The number of aryl methyl sites for hydroxylation is 1. The van der Waals surface area contributed by atoms with E-state index in [9.17, 15) is 13.2 Å². The maximum Gasteiger partial charge on any atom is 0.364 e. The molecule has 0 spiro atoms. The van der Waals surface area contributed by atoms with Crippen molar-refractivity contribution in [1.29, 1.82) is 0 Å². The normalized spacial score (nSPS) is 24.7. The van der Waals surface area contributed by atoms with E-state index in [2.05, 4.69) is 0 Å². The Hall–Kier alpha value is -1.44. The Bertz CT molecular complexity index is 657. The molecule has 1 aromatic carbocycles. The predicted octanol–water partition coefficient (Wildman–Crippen LogP) is 2.27. The Morgan fingerprint density at radius 1 is 1.21 bits per heavy atom. The SMILES string of the molecule is CC1(C(=O)O)OCC(CCCCc2ccc(S(C)(=O)=O)cc2)CO1. The lowest BCUT2D eigenvalue weighted by molar-refractivity contribution is -0.271. The van der Waals surface area contributed by atoms with E-state index in [-0.39, 0.29) is 5.92 Å². The minimum Gasteiger partial charge on any atom is -0.477 e. The van der Waals surface area contributed by atoms with E-state index in [1.54, 1.807) is 12.1 Å². The van der Waals surface area contributed by atoms with Crippen LogP contribution in [0, 0.1) is 5.92 Å². The van der Waals surface area contributed by atoms with E-state index in [0.717, 1.165) is 31.2 Å². The molecule has 0 aromatic heterocycles. The molecule has 0 saturated carbocycles. The zero-order valence-corrected chi connectivity index (χ0v) is 14.8. The van der Waals surface area contributed by atoms with Crippen LogP contribution in [0.3, 0.4) is 0 Å². The van der Waals surface area contributed by atoms with Crippen LogP contribution in [-0.2, 0) is 30.5 Å². The van der Waals surface area contributed by atoms with Crippen LogP contribution in [0.15, 0.2) is 29.2 Å². The van der Waals surface area contributed by atoms with Crippen LogP contribution in [0.25, 0.3) is 0 Å². The lowest BCUT2D eigenvalue weighted by Gasteiger charge is -2.34. The number of aliphatic carboxylic acids is 1. The van der Waals surface area contributed by atoms with Crippen molar-refractivity contribution in [2.45, 2.75) is 43.3 Å². The highest BCUT2D eigenvalue weighted by atomic mass is 32.2. The van der Waals surface area contributed by atoms with Crippen molar-refractivity contribution >= 4 is 15.8 Å². The molecule has 0 unspecified atom stereocenters. The maximum atomic E-state index is 11.4. The number of sulfone groups is 1. The first kappa shape index (κ1) is 18.9. The fourth-order valence-electron chi connectivity index (χ4n) is 2.60. The van der Waals surface area contributed by atoms with Crippen LogP contribution in [0.5, 0.6) is 0 Å². The Kier molecular flexibility index (Phi) is 6.01. The lowest BCUT2D eigenvalue weighted by Crippen LogP contribution is -2.47. The monoisotopic (exact) mass is 356 g/mol. The van der Waals surface area contributed by atoms with Crippen molar-refractivity contribution in [1.82, 2.24) is 0 Å². The summed E-state index contributed by atoms with van der Waals surface area (Å²) in [6.07, 6.45) is 4.95. The first-order valence-electron chi connectivity index (χ1n) is 8.01. The average Bonchev–Trinajstić information content (AvgIpc) is 2.53. The molecule has 2 rings (SSSR count). The van der Waals surface area contributed by atoms with Crippen molar-refractivity contribution in [3.63, 3.8) is 0 Å². The minimum atomic E-state index is -3.14. The summed E-state index contributed by atoms with van der Waals surface area (Å²) in [5, 5.41) is 9.01. The largest absolute Gasteiger partial charge is 0.477 e.